The third-order valence-corrected chi connectivity index (χ3v) is 3.84. The van der Waals surface area contributed by atoms with Crippen LogP contribution >= 0.6 is 11.8 Å². The smallest absolute Gasteiger partial charge is 0.234 e. The first-order valence-corrected chi connectivity index (χ1v) is 8.01. The number of carbonyl (C=O) groups excluding carboxylic acids is 1. The summed E-state index contributed by atoms with van der Waals surface area (Å²) in [5.74, 6) is 0.821. The fraction of sp³-hybridized carbons (Fsp3) is 0.533. The zero-order valence-corrected chi connectivity index (χ0v) is 13.3. The van der Waals surface area contributed by atoms with Crippen LogP contribution < -0.4 is 5.32 Å². The molecule has 0 unspecified atom stereocenters. The quantitative estimate of drug-likeness (QED) is 0.468. The Labute approximate surface area is 130 Å². The van der Waals surface area contributed by atoms with Crippen molar-refractivity contribution in [3.63, 3.8) is 0 Å². The number of benzene rings is 1. The van der Waals surface area contributed by atoms with Gasteiger partial charge in [0.05, 0.1) is 19.8 Å². The molecule has 2 N–H and O–H groups in total. The van der Waals surface area contributed by atoms with E-state index in [1.807, 2.05) is 23.1 Å². The van der Waals surface area contributed by atoms with Crippen LogP contribution in [0.3, 0.4) is 0 Å². The lowest BCUT2D eigenvalue weighted by molar-refractivity contribution is -0.122. The number of thioether (sulfide) groups is 1. The Kier molecular flexibility index (Phi) is 9.90. The van der Waals surface area contributed by atoms with Gasteiger partial charge in [0.2, 0.25) is 5.91 Å². The van der Waals surface area contributed by atoms with Gasteiger partial charge in [-0.15, -0.1) is 11.8 Å². The maximum absolute atomic E-state index is 11.8. The van der Waals surface area contributed by atoms with Crippen molar-refractivity contribution in [1.29, 1.82) is 0 Å². The number of methoxy groups -OCH3 is 1. The average molecular weight is 312 g/mol. The Morgan fingerprint density at radius 3 is 2.76 bits per heavy atom. The number of rotatable bonds is 11. The van der Waals surface area contributed by atoms with Crippen LogP contribution in [0.25, 0.3) is 0 Å². The average Bonchev–Trinajstić information content (AvgIpc) is 2.50. The van der Waals surface area contributed by atoms with Gasteiger partial charge in [-0.1, -0.05) is 18.2 Å². The largest absolute Gasteiger partial charge is 0.395 e. The number of ether oxygens (including phenoxy) is 1. The van der Waals surface area contributed by atoms with Gasteiger partial charge in [-0.2, -0.15) is 0 Å². The Hall–Kier alpha value is -1.08. The molecule has 6 heteroatoms. The topological polar surface area (TPSA) is 61.8 Å². The summed E-state index contributed by atoms with van der Waals surface area (Å²) in [6.07, 6.45) is 0. The molecule has 0 aromatic heterocycles. The van der Waals surface area contributed by atoms with Gasteiger partial charge in [-0.05, 0) is 12.1 Å². The van der Waals surface area contributed by atoms with Gasteiger partial charge in [0.25, 0.3) is 0 Å². The van der Waals surface area contributed by atoms with E-state index >= 15 is 0 Å². The van der Waals surface area contributed by atoms with E-state index in [1.54, 1.807) is 18.9 Å². The van der Waals surface area contributed by atoms with Gasteiger partial charge in [0, 0.05) is 37.4 Å². The number of nitrogens with zero attached hydrogens (tertiary/aromatic N) is 1. The van der Waals surface area contributed by atoms with Crippen molar-refractivity contribution in [3.8, 4) is 0 Å². The van der Waals surface area contributed by atoms with Gasteiger partial charge in [-0.3, -0.25) is 9.69 Å². The predicted molar refractivity (Wildman–Crippen MR) is 85.6 cm³/mol. The highest BCUT2D eigenvalue weighted by Crippen LogP contribution is 2.15. The minimum absolute atomic E-state index is 0.0202. The van der Waals surface area contributed by atoms with Gasteiger partial charge in [0.15, 0.2) is 0 Å². The number of aliphatic hydroxyl groups is 1. The maximum atomic E-state index is 11.8. The predicted octanol–water partition coefficient (Wildman–Crippen LogP) is 0.836. The van der Waals surface area contributed by atoms with Crippen LogP contribution in [0.15, 0.2) is 35.2 Å². The fourth-order valence-electron chi connectivity index (χ4n) is 1.77. The molecule has 0 aliphatic heterocycles. The van der Waals surface area contributed by atoms with E-state index in [9.17, 15) is 4.79 Å². The number of carbonyl (C=O) groups is 1. The lowest BCUT2D eigenvalue weighted by atomic mass is 10.4. The highest BCUT2D eigenvalue weighted by Gasteiger charge is 2.09. The van der Waals surface area contributed by atoms with Crippen LogP contribution in [0.2, 0.25) is 0 Å². The van der Waals surface area contributed by atoms with E-state index in [0.717, 1.165) is 5.75 Å². The third kappa shape index (κ3) is 8.72. The number of nitrogens with one attached hydrogen (secondary N) is 1. The molecule has 0 saturated carbocycles. The second-order valence-electron chi connectivity index (χ2n) is 4.50. The lowest BCUT2D eigenvalue weighted by Crippen LogP contribution is -2.40. The highest BCUT2D eigenvalue weighted by molar-refractivity contribution is 7.99. The second-order valence-corrected chi connectivity index (χ2v) is 5.67. The standard InChI is InChI=1S/C15H24N2O3S/c1-20-11-9-17(8-10-18)13-15(19)16-7-12-21-14-5-3-2-4-6-14/h2-6,18H,7-13H2,1H3,(H,16,19). The van der Waals surface area contributed by atoms with Crippen LogP contribution in [-0.2, 0) is 9.53 Å². The lowest BCUT2D eigenvalue weighted by Gasteiger charge is -2.20. The third-order valence-electron chi connectivity index (χ3n) is 2.83. The van der Waals surface area contributed by atoms with E-state index in [0.29, 0.717) is 32.8 Å². The molecule has 0 atom stereocenters. The van der Waals surface area contributed by atoms with Crippen LogP contribution in [0.4, 0.5) is 0 Å². The second kappa shape index (κ2) is 11.6. The summed E-state index contributed by atoms with van der Waals surface area (Å²) in [4.78, 5) is 14.9. The van der Waals surface area contributed by atoms with Gasteiger partial charge >= 0.3 is 0 Å². The number of hydrogen-bond acceptors (Lipinski definition) is 5. The first-order valence-electron chi connectivity index (χ1n) is 7.03. The normalized spacial score (nSPS) is 10.8. The van der Waals surface area contributed by atoms with Crippen LogP contribution in [-0.4, -0.2) is 68.2 Å². The molecule has 5 nitrogen and oxygen atoms in total. The van der Waals surface area contributed by atoms with Crippen molar-refractivity contribution >= 4 is 17.7 Å². The molecule has 0 bridgehead atoms. The molecule has 118 valence electrons. The fourth-order valence-corrected chi connectivity index (χ4v) is 2.56. The zero-order chi connectivity index (χ0) is 15.3. The van der Waals surface area contributed by atoms with Crippen molar-refractivity contribution in [2.24, 2.45) is 0 Å². The molecule has 0 aliphatic rings. The SMILES string of the molecule is COCCN(CCO)CC(=O)NCCSc1ccccc1. The van der Waals surface area contributed by atoms with E-state index in [2.05, 4.69) is 17.4 Å². The van der Waals surface area contributed by atoms with Gasteiger partial charge < -0.3 is 15.2 Å². The molecule has 1 aromatic carbocycles. The number of hydrogen-bond donors (Lipinski definition) is 2. The molecule has 0 aliphatic carbocycles. The van der Waals surface area contributed by atoms with Crippen molar-refractivity contribution in [1.82, 2.24) is 10.2 Å². The molecular weight excluding hydrogens is 288 g/mol. The van der Waals surface area contributed by atoms with Crippen molar-refractivity contribution in [2.75, 3.05) is 52.3 Å². The highest BCUT2D eigenvalue weighted by atomic mass is 32.2. The number of aliphatic hydroxyl groups excluding tert-OH is 1. The van der Waals surface area contributed by atoms with E-state index in [1.165, 1.54) is 4.90 Å². The molecule has 21 heavy (non-hydrogen) atoms. The molecule has 0 heterocycles. The molecule has 0 spiro atoms. The summed E-state index contributed by atoms with van der Waals surface area (Å²) in [5, 5.41) is 11.9. The molecule has 0 saturated heterocycles. The minimum atomic E-state index is -0.0202. The molecule has 0 fully saturated rings. The number of amides is 1. The Morgan fingerprint density at radius 2 is 2.10 bits per heavy atom. The molecule has 0 radical (unpaired) electrons. The molecule has 1 aromatic rings. The first-order chi connectivity index (χ1) is 10.3. The van der Waals surface area contributed by atoms with Crippen LogP contribution in [0.1, 0.15) is 0 Å². The van der Waals surface area contributed by atoms with Gasteiger partial charge in [0.1, 0.15) is 0 Å². The Bertz CT molecular complexity index is 390. The Balaban J connectivity index is 2.16. The summed E-state index contributed by atoms with van der Waals surface area (Å²) in [7, 11) is 1.62. The summed E-state index contributed by atoms with van der Waals surface area (Å²) >= 11 is 1.72. The molecule has 1 amide bonds. The summed E-state index contributed by atoms with van der Waals surface area (Å²) in [5.41, 5.74) is 0. The molecule has 1 rings (SSSR count). The maximum Gasteiger partial charge on any atom is 0.234 e. The monoisotopic (exact) mass is 312 g/mol. The van der Waals surface area contributed by atoms with E-state index in [4.69, 9.17) is 9.84 Å². The van der Waals surface area contributed by atoms with Crippen molar-refractivity contribution in [2.45, 2.75) is 4.90 Å². The van der Waals surface area contributed by atoms with Crippen molar-refractivity contribution in [3.05, 3.63) is 30.3 Å². The van der Waals surface area contributed by atoms with Crippen LogP contribution in [0, 0.1) is 0 Å². The summed E-state index contributed by atoms with van der Waals surface area (Å²) < 4.78 is 4.99. The van der Waals surface area contributed by atoms with E-state index in [-0.39, 0.29) is 12.5 Å². The van der Waals surface area contributed by atoms with Crippen molar-refractivity contribution < 1.29 is 14.6 Å². The van der Waals surface area contributed by atoms with E-state index < -0.39 is 0 Å². The Morgan fingerprint density at radius 1 is 1.33 bits per heavy atom. The molecular formula is C15H24N2O3S. The zero-order valence-electron chi connectivity index (χ0n) is 12.5. The summed E-state index contributed by atoms with van der Waals surface area (Å²) in [6, 6.07) is 10.1. The van der Waals surface area contributed by atoms with Gasteiger partial charge in [-0.25, -0.2) is 0 Å². The first kappa shape index (κ1) is 18.0. The minimum Gasteiger partial charge on any atom is -0.395 e. The van der Waals surface area contributed by atoms with Crippen LogP contribution in [0.5, 0.6) is 0 Å². The summed E-state index contributed by atoms with van der Waals surface area (Å²) in [6.45, 7) is 2.65.